The topological polar surface area (TPSA) is 54.0 Å². The molecule has 0 saturated heterocycles. The zero-order chi connectivity index (χ0) is 13.9. The molecule has 1 amide bonds. The van der Waals surface area contributed by atoms with E-state index in [1.165, 1.54) is 0 Å². The average molecular weight is 294 g/mol. The Morgan fingerprint density at radius 1 is 1.20 bits per heavy atom. The molecule has 0 radical (unpaired) electrons. The fourth-order valence-corrected chi connectivity index (χ4v) is 2.89. The molecular formula is C15H20ClN3O. The van der Waals surface area contributed by atoms with Gasteiger partial charge in [-0.2, -0.15) is 0 Å². The molecule has 2 aliphatic carbocycles. The highest BCUT2D eigenvalue weighted by atomic mass is 35.5. The van der Waals surface area contributed by atoms with E-state index in [2.05, 4.69) is 15.6 Å². The summed E-state index contributed by atoms with van der Waals surface area (Å²) in [6.07, 6.45) is 8.02. The van der Waals surface area contributed by atoms with Gasteiger partial charge in [0.15, 0.2) is 0 Å². The van der Waals surface area contributed by atoms with E-state index in [1.54, 1.807) is 6.20 Å². The molecule has 2 saturated carbocycles. The van der Waals surface area contributed by atoms with Crippen LogP contribution in [0.2, 0.25) is 5.02 Å². The number of anilines is 1. The van der Waals surface area contributed by atoms with Crippen LogP contribution < -0.4 is 10.6 Å². The lowest BCUT2D eigenvalue weighted by atomic mass is 9.85. The molecule has 0 aliphatic heterocycles. The Morgan fingerprint density at radius 2 is 2.05 bits per heavy atom. The predicted molar refractivity (Wildman–Crippen MR) is 79.8 cm³/mol. The summed E-state index contributed by atoms with van der Waals surface area (Å²) in [5, 5.41) is 7.17. The molecule has 2 aliphatic rings. The van der Waals surface area contributed by atoms with Crippen LogP contribution in [0.5, 0.6) is 0 Å². The normalized spacial score (nSPS) is 26.1. The molecule has 1 heterocycles. The van der Waals surface area contributed by atoms with Crippen molar-refractivity contribution in [1.82, 2.24) is 10.3 Å². The molecule has 3 rings (SSSR count). The third-order valence-electron chi connectivity index (χ3n) is 4.05. The second kappa shape index (κ2) is 6.00. The molecule has 0 bridgehead atoms. The maximum Gasteiger partial charge on any atom is 0.223 e. The summed E-state index contributed by atoms with van der Waals surface area (Å²) in [6.45, 7) is 0. The third-order valence-corrected chi connectivity index (χ3v) is 4.27. The summed E-state index contributed by atoms with van der Waals surface area (Å²) in [5.41, 5.74) is 0. The Labute approximate surface area is 124 Å². The van der Waals surface area contributed by atoms with Gasteiger partial charge in [-0.05, 0) is 44.2 Å². The number of rotatable bonds is 4. The number of carbonyl (C=O) groups is 1. The van der Waals surface area contributed by atoms with E-state index >= 15 is 0 Å². The lowest BCUT2D eigenvalue weighted by molar-refractivity contribution is -0.126. The van der Waals surface area contributed by atoms with Gasteiger partial charge >= 0.3 is 0 Å². The van der Waals surface area contributed by atoms with E-state index < -0.39 is 0 Å². The van der Waals surface area contributed by atoms with E-state index in [4.69, 9.17) is 11.6 Å². The largest absolute Gasteiger partial charge is 0.367 e. The van der Waals surface area contributed by atoms with Gasteiger partial charge in [-0.3, -0.25) is 4.79 Å². The number of halogens is 1. The lowest BCUT2D eigenvalue weighted by Gasteiger charge is -2.29. The number of carbonyl (C=O) groups excluding carboxylic acids is 1. The number of nitrogens with zero attached hydrogens (tertiary/aromatic N) is 1. The van der Waals surface area contributed by atoms with Gasteiger partial charge < -0.3 is 10.6 Å². The van der Waals surface area contributed by atoms with Crippen LogP contribution in [-0.4, -0.2) is 23.0 Å². The Morgan fingerprint density at radius 3 is 2.75 bits per heavy atom. The second-order valence-electron chi connectivity index (χ2n) is 5.85. The highest BCUT2D eigenvalue weighted by molar-refractivity contribution is 6.30. The molecule has 108 valence electrons. The molecule has 5 heteroatoms. The average Bonchev–Trinajstić information content (AvgIpc) is 3.26. The van der Waals surface area contributed by atoms with Crippen molar-refractivity contribution in [3.8, 4) is 0 Å². The molecule has 2 N–H and O–H groups in total. The quantitative estimate of drug-likeness (QED) is 0.897. The van der Waals surface area contributed by atoms with Gasteiger partial charge in [-0.25, -0.2) is 4.98 Å². The van der Waals surface area contributed by atoms with Crippen molar-refractivity contribution >= 4 is 23.3 Å². The first-order chi connectivity index (χ1) is 9.70. The SMILES string of the molecule is O=C(NC1CC1)[C@H]1CCC[C@@H](Nc2ccc(Cl)cn2)C1. The van der Waals surface area contributed by atoms with Crippen molar-refractivity contribution in [3.05, 3.63) is 23.4 Å². The van der Waals surface area contributed by atoms with E-state index in [1.807, 2.05) is 12.1 Å². The maximum absolute atomic E-state index is 12.1. The molecule has 0 unspecified atom stereocenters. The van der Waals surface area contributed by atoms with Crippen molar-refractivity contribution in [2.45, 2.75) is 50.6 Å². The van der Waals surface area contributed by atoms with E-state index in [9.17, 15) is 4.79 Å². The summed E-state index contributed by atoms with van der Waals surface area (Å²) < 4.78 is 0. The van der Waals surface area contributed by atoms with Gasteiger partial charge in [0.2, 0.25) is 5.91 Å². The summed E-state index contributed by atoms with van der Waals surface area (Å²) >= 11 is 5.83. The van der Waals surface area contributed by atoms with Crippen LogP contribution in [0.3, 0.4) is 0 Å². The first-order valence-corrected chi connectivity index (χ1v) is 7.77. The van der Waals surface area contributed by atoms with Gasteiger partial charge in [-0.15, -0.1) is 0 Å². The van der Waals surface area contributed by atoms with Crippen molar-refractivity contribution < 1.29 is 4.79 Å². The van der Waals surface area contributed by atoms with E-state index in [-0.39, 0.29) is 11.8 Å². The minimum Gasteiger partial charge on any atom is -0.367 e. The fourth-order valence-electron chi connectivity index (χ4n) is 2.78. The van der Waals surface area contributed by atoms with Crippen molar-refractivity contribution in [2.75, 3.05) is 5.32 Å². The molecule has 2 atom stereocenters. The highest BCUT2D eigenvalue weighted by Gasteiger charge is 2.31. The Hall–Kier alpha value is -1.29. The Bertz CT molecular complexity index is 473. The van der Waals surface area contributed by atoms with Gasteiger partial charge in [0.1, 0.15) is 5.82 Å². The standard InChI is InChI=1S/C15H20ClN3O/c16-11-4-7-14(17-9-11)18-13-3-1-2-10(8-13)15(20)19-12-5-6-12/h4,7,9-10,12-13H,1-3,5-6,8H2,(H,17,18)(H,19,20)/t10-,13+/m0/s1. The number of hydrogen-bond acceptors (Lipinski definition) is 3. The van der Waals surface area contributed by atoms with Gasteiger partial charge in [0.25, 0.3) is 0 Å². The van der Waals surface area contributed by atoms with E-state index in [0.717, 1.165) is 44.3 Å². The Kier molecular flexibility index (Phi) is 4.10. The van der Waals surface area contributed by atoms with Crippen LogP contribution in [0.25, 0.3) is 0 Å². The molecule has 0 aromatic carbocycles. The van der Waals surface area contributed by atoms with Crippen LogP contribution in [0.4, 0.5) is 5.82 Å². The minimum absolute atomic E-state index is 0.147. The summed E-state index contributed by atoms with van der Waals surface area (Å²) in [4.78, 5) is 16.4. The molecular weight excluding hydrogens is 274 g/mol. The summed E-state index contributed by atoms with van der Waals surface area (Å²) in [5.74, 6) is 1.22. The second-order valence-corrected chi connectivity index (χ2v) is 6.29. The van der Waals surface area contributed by atoms with Crippen LogP contribution in [0.1, 0.15) is 38.5 Å². The number of aromatic nitrogens is 1. The smallest absolute Gasteiger partial charge is 0.223 e. The number of hydrogen-bond donors (Lipinski definition) is 2. The summed E-state index contributed by atoms with van der Waals surface area (Å²) in [6, 6.07) is 4.49. The van der Waals surface area contributed by atoms with Crippen molar-refractivity contribution in [3.63, 3.8) is 0 Å². The molecule has 0 spiro atoms. The molecule has 2 fully saturated rings. The maximum atomic E-state index is 12.1. The highest BCUT2D eigenvalue weighted by Crippen LogP contribution is 2.28. The minimum atomic E-state index is 0.147. The lowest BCUT2D eigenvalue weighted by Crippen LogP contribution is -2.38. The monoisotopic (exact) mass is 293 g/mol. The van der Waals surface area contributed by atoms with Crippen molar-refractivity contribution in [2.24, 2.45) is 5.92 Å². The zero-order valence-electron chi connectivity index (χ0n) is 11.4. The van der Waals surface area contributed by atoms with Crippen LogP contribution in [-0.2, 0) is 4.79 Å². The third kappa shape index (κ3) is 3.63. The zero-order valence-corrected chi connectivity index (χ0v) is 12.2. The molecule has 1 aromatic rings. The van der Waals surface area contributed by atoms with Crippen LogP contribution in [0.15, 0.2) is 18.3 Å². The first kappa shape index (κ1) is 13.7. The Balaban J connectivity index is 1.54. The van der Waals surface area contributed by atoms with Gasteiger partial charge in [0, 0.05) is 24.2 Å². The molecule has 4 nitrogen and oxygen atoms in total. The van der Waals surface area contributed by atoms with Crippen LogP contribution in [0, 0.1) is 5.92 Å². The van der Waals surface area contributed by atoms with Gasteiger partial charge in [-0.1, -0.05) is 18.0 Å². The predicted octanol–water partition coefficient (Wildman–Crippen LogP) is 2.98. The first-order valence-electron chi connectivity index (χ1n) is 7.39. The van der Waals surface area contributed by atoms with E-state index in [0.29, 0.717) is 17.1 Å². The number of pyridine rings is 1. The fraction of sp³-hybridized carbons (Fsp3) is 0.600. The molecule has 20 heavy (non-hydrogen) atoms. The van der Waals surface area contributed by atoms with Crippen molar-refractivity contribution in [1.29, 1.82) is 0 Å². The van der Waals surface area contributed by atoms with Gasteiger partial charge in [0.05, 0.1) is 5.02 Å². The number of nitrogens with one attached hydrogen (secondary N) is 2. The number of amides is 1. The summed E-state index contributed by atoms with van der Waals surface area (Å²) in [7, 11) is 0. The van der Waals surface area contributed by atoms with Crippen LogP contribution >= 0.6 is 11.6 Å². The molecule has 1 aromatic heterocycles.